The Hall–Kier alpha value is -1.14. The van der Waals surface area contributed by atoms with Crippen LogP contribution in [0.1, 0.15) is 13.3 Å². The van der Waals surface area contributed by atoms with Crippen molar-refractivity contribution >= 4 is 11.9 Å². The van der Waals surface area contributed by atoms with E-state index in [0.717, 1.165) is 0 Å². The Kier molecular flexibility index (Phi) is 4.05. The molecule has 1 saturated heterocycles. The first kappa shape index (κ1) is 11.9. The minimum atomic E-state index is -0.903. The van der Waals surface area contributed by atoms with Gasteiger partial charge in [-0.15, -0.1) is 0 Å². The Morgan fingerprint density at radius 2 is 2.20 bits per heavy atom. The zero-order chi connectivity index (χ0) is 11.4. The molecule has 0 aliphatic carbocycles. The Morgan fingerprint density at radius 3 is 2.73 bits per heavy atom. The van der Waals surface area contributed by atoms with Crippen LogP contribution in [0.15, 0.2) is 0 Å². The monoisotopic (exact) mass is 216 g/mol. The van der Waals surface area contributed by atoms with Crippen LogP contribution >= 0.6 is 0 Å². The van der Waals surface area contributed by atoms with Crippen molar-refractivity contribution in [2.75, 3.05) is 19.6 Å². The summed E-state index contributed by atoms with van der Waals surface area (Å²) in [7, 11) is 0. The van der Waals surface area contributed by atoms with Crippen LogP contribution in [0.3, 0.4) is 0 Å². The Labute approximate surface area is 87.9 Å². The van der Waals surface area contributed by atoms with Gasteiger partial charge in [-0.25, -0.2) is 0 Å². The van der Waals surface area contributed by atoms with Gasteiger partial charge < -0.3 is 15.5 Å². The highest BCUT2D eigenvalue weighted by molar-refractivity contribution is 5.74. The number of nitrogens with one attached hydrogen (secondary N) is 1. The van der Waals surface area contributed by atoms with Gasteiger partial charge in [0, 0.05) is 25.7 Å². The summed E-state index contributed by atoms with van der Waals surface area (Å²) in [5, 5.41) is 20.6. The molecular formula is C9H16N2O4. The predicted octanol–water partition coefficient (Wildman–Crippen LogP) is -0.792. The van der Waals surface area contributed by atoms with Crippen LogP contribution in [0.25, 0.3) is 0 Å². The summed E-state index contributed by atoms with van der Waals surface area (Å²) in [4.78, 5) is 23.2. The van der Waals surface area contributed by atoms with Gasteiger partial charge in [0.05, 0.1) is 6.42 Å². The van der Waals surface area contributed by atoms with Gasteiger partial charge >= 0.3 is 11.9 Å². The Balaban J connectivity index is 2.62. The van der Waals surface area contributed by atoms with E-state index in [4.69, 9.17) is 10.2 Å². The maximum Gasteiger partial charge on any atom is 0.322 e. The van der Waals surface area contributed by atoms with Crippen molar-refractivity contribution in [2.45, 2.75) is 25.4 Å². The van der Waals surface area contributed by atoms with E-state index in [2.05, 4.69) is 5.32 Å². The predicted molar refractivity (Wildman–Crippen MR) is 52.7 cm³/mol. The number of carbonyl (C=O) groups is 2. The van der Waals surface area contributed by atoms with E-state index in [0.29, 0.717) is 19.6 Å². The number of piperazine rings is 1. The molecule has 1 heterocycles. The SMILES string of the molecule is CC(CC(=O)O)N1CCNCC1C(=O)O. The maximum atomic E-state index is 10.9. The lowest BCUT2D eigenvalue weighted by atomic mass is 10.1. The van der Waals surface area contributed by atoms with Crippen LogP contribution in [0, 0.1) is 0 Å². The van der Waals surface area contributed by atoms with Crippen molar-refractivity contribution in [3.8, 4) is 0 Å². The van der Waals surface area contributed by atoms with Gasteiger partial charge in [-0.1, -0.05) is 0 Å². The molecule has 1 aliphatic rings. The third-order valence-corrected chi connectivity index (χ3v) is 2.61. The standard InChI is InChI=1S/C9H16N2O4/c1-6(4-8(12)13)11-3-2-10-5-7(11)9(14)15/h6-7,10H,2-5H2,1H3,(H,12,13)(H,14,15). The van der Waals surface area contributed by atoms with Crippen molar-refractivity contribution in [2.24, 2.45) is 0 Å². The van der Waals surface area contributed by atoms with Crippen LogP contribution in [0.2, 0.25) is 0 Å². The van der Waals surface area contributed by atoms with Gasteiger partial charge in [0.2, 0.25) is 0 Å². The molecule has 1 fully saturated rings. The third-order valence-electron chi connectivity index (χ3n) is 2.61. The van der Waals surface area contributed by atoms with E-state index in [9.17, 15) is 9.59 Å². The molecule has 3 N–H and O–H groups in total. The smallest absolute Gasteiger partial charge is 0.322 e. The first-order valence-corrected chi connectivity index (χ1v) is 4.93. The lowest BCUT2D eigenvalue weighted by Gasteiger charge is -2.37. The normalized spacial score (nSPS) is 24.7. The fourth-order valence-corrected chi connectivity index (χ4v) is 1.85. The molecule has 0 saturated carbocycles. The molecule has 1 rings (SSSR count). The van der Waals surface area contributed by atoms with Crippen molar-refractivity contribution in [3.63, 3.8) is 0 Å². The van der Waals surface area contributed by atoms with Crippen molar-refractivity contribution in [3.05, 3.63) is 0 Å². The van der Waals surface area contributed by atoms with E-state index in [1.165, 1.54) is 0 Å². The van der Waals surface area contributed by atoms with E-state index in [1.54, 1.807) is 11.8 Å². The summed E-state index contributed by atoms with van der Waals surface area (Å²) in [6.45, 7) is 3.40. The lowest BCUT2D eigenvalue weighted by Crippen LogP contribution is -2.58. The third kappa shape index (κ3) is 3.17. The second-order valence-electron chi connectivity index (χ2n) is 3.74. The Morgan fingerprint density at radius 1 is 1.53 bits per heavy atom. The quantitative estimate of drug-likeness (QED) is 0.570. The van der Waals surface area contributed by atoms with Crippen molar-refractivity contribution in [1.82, 2.24) is 10.2 Å². The fraction of sp³-hybridized carbons (Fsp3) is 0.778. The van der Waals surface area contributed by atoms with Crippen LogP contribution < -0.4 is 5.32 Å². The molecule has 0 aromatic carbocycles. The van der Waals surface area contributed by atoms with Gasteiger partial charge in [-0.2, -0.15) is 0 Å². The number of hydrogen-bond acceptors (Lipinski definition) is 4. The summed E-state index contributed by atoms with van der Waals surface area (Å²) in [6, 6.07) is -0.862. The van der Waals surface area contributed by atoms with E-state index < -0.39 is 18.0 Å². The van der Waals surface area contributed by atoms with Crippen molar-refractivity contribution < 1.29 is 19.8 Å². The summed E-state index contributed by atoms with van der Waals surface area (Å²) < 4.78 is 0. The topological polar surface area (TPSA) is 89.9 Å². The molecule has 86 valence electrons. The highest BCUT2D eigenvalue weighted by atomic mass is 16.4. The highest BCUT2D eigenvalue weighted by Crippen LogP contribution is 2.11. The average molecular weight is 216 g/mol. The van der Waals surface area contributed by atoms with E-state index in [1.807, 2.05) is 0 Å². The lowest BCUT2D eigenvalue weighted by molar-refractivity contribution is -0.147. The summed E-state index contributed by atoms with van der Waals surface area (Å²) in [6.07, 6.45) is -0.0240. The molecule has 2 atom stereocenters. The molecule has 6 heteroatoms. The molecule has 6 nitrogen and oxygen atoms in total. The summed E-state index contributed by atoms with van der Waals surface area (Å²) >= 11 is 0. The minimum absolute atomic E-state index is 0.0240. The number of nitrogens with zero attached hydrogens (tertiary/aromatic N) is 1. The number of hydrogen-bond donors (Lipinski definition) is 3. The molecule has 0 radical (unpaired) electrons. The van der Waals surface area contributed by atoms with Crippen LogP contribution in [-0.4, -0.2) is 58.8 Å². The van der Waals surface area contributed by atoms with Gasteiger partial charge in [-0.3, -0.25) is 14.5 Å². The number of carboxylic acids is 2. The first-order chi connectivity index (χ1) is 7.02. The zero-order valence-electron chi connectivity index (χ0n) is 8.64. The van der Waals surface area contributed by atoms with Gasteiger partial charge in [0.25, 0.3) is 0 Å². The molecular weight excluding hydrogens is 200 g/mol. The summed E-state index contributed by atoms with van der Waals surface area (Å²) in [5.41, 5.74) is 0. The average Bonchev–Trinajstić information content (AvgIpc) is 2.16. The molecule has 2 unspecified atom stereocenters. The van der Waals surface area contributed by atoms with Gasteiger partial charge in [0.1, 0.15) is 6.04 Å². The molecule has 0 spiro atoms. The number of aliphatic carboxylic acids is 2. The highest BCUT2D eigenvalue weighted by Gasteiger charge is 2.32. The number of carboxylic acid groups (broad SMARTS) is 2. The molecule has 1 aliphatic heterocycles. The molecule has 0 bridgehead atoms. The maximum absolute atomic E-state index is 10.9. The van der Waals surface area contributed by atoms with Gasteiger partial charge in [-0.05, 0) is 6.92 Å². The first-order valence-electron chi connectivity index (χ1n) is 4.93. The zero-order valence-corrected chi connectivity index (χ0v) is 8.64. The van der Waals surface area contributed by atoms with Crippen molar-refractivity contribution in [1.29, 1.82) is 0 Å². The van der Waals surface area contributed by atoms with E-state index >= 15 is 0 Å². The van der Waals surface area contributed by atoms with Crippen LogP contribution in [0.5, 0.6) is 0 Å². The molecule has 0 aromatic heterocycles. The summed E-state index contributed by atoms with van der Waals surface area (Å²) in [5.74, 6) is -1.80. The van der Waals surface area contributed by atoms with Crippen LogP contribution in [-0.2, 0) is 9.59 Å². The fourth-order valence-electron chi connectivity index (χ4n) is 1.85. The number of rotatable bonds is 4. The Bertz CT molecular complexity index is 256. The second-order valence-corrected chi connectivity index (χ2v) is 3.74. The molecule has 15 heavy (non-hydrogen) atoms. The van der Waals surface area contributed by atoms with E-state index in [-0.39, 0.29) is 12.5 Å². The minimum Gasteiger partial charge on any atom is -0.481 e. The molecule has 0 aromatic rings. The second kappa shape index (κ2) is 5.09. The van der Waals surface area contributed by atoms with Gasteiger partial charge in [0.15, 0.2) is 0 Å². The van der Waals surface area contributed by atoms with Crippen LogP contribution in [0.4, 0.5) is 0 Å². The largest absolute Gasteiger partial charge is 0.481 e. The molecule has 0 amide bonds.